The summed E-state index contributed by atoms with van der Waals surface area (Å²) in [6.07, 6.45) is 4.88. The fraction of sp³-hybridized carbons (Fsp3) is 0.778. The van der Waals surface area contributed by atoms with E-state index in [1.807, 2.05) is 0 Å². The molecule has 0 unspecified atom stereocenters. The monoisotopic (exact) mass is 479 g/mol. The molecule has 2 N–H and O–H groups in total. The molecule has 25 heavy (non-hydrogen) atoms. The Balaban J connectivity index is 0.00000312. The number of piperidine rings is 1. The van der Waals surface area contributed by atoms with Gasteiger partial charge in [-0.05, 0) is 52.1 Å². The van der Waals surface area contributed by atoms with Crippen molar-refractivity contribution in [2.24, 2.45) is 10.9 Å². The summed E-state index contributed by atoms with van der Waals surface area (Å²) in [6, 6.07) is 0. The van der Waals surface area contributed by atoms with Crippen LogP contribution in [0.25, 0.3) is 0 Å². The SMILES string of the molecule is CCCCNC(=NCC1CCN(Cc2csc(C)n2)CC1)NCC.I. The standard InChI is InChI=1S/C18H33N5S.HI/c1-4-6-9-20-18(19-5-2)21-12-16-7-10-23(11-8-16)13-17-14-24-15(3)22-17;/h14,16H,4-13H2,1-3H3,(H2,19,20,21);1H. The molecule has 7 heteroatoms. The van der Waals surface area contributed by atoms with Crippen molar-refractivity contribution in [2.45, 2.75) is 53.0 Å². The summed E-state index contributed by atoms with van der Waals surface area (Å²) in [4.78, 5) is 11.9. The number of nitrogens with zero attached hydrogens (tertiary/aromatic N) is 3. The molecule has 1 aliphatic rings. The molecule has 144 valence electrons. The van der Waals surface area contributed by atoms with Crippen LogP contribution in [0.2, 0.25) is 0 Å². The fourth-order valence-electron chi connectivity index (χ4n) is 2.98. The maximum absolute atomic E-state index is 4.79. The van der Waals surface area contributed by atoms with Crippen LogP contribution in [0.5, 0.6) is 0 Å². The van der Waals surface area contributed by atoms with E-state index >= 15 is 0 Å². The van der Waals surface area contributed by atoms with Gasteiger partial charge in [-0.2, -0.15) is 0 Å². The van der Waals surface area contributed by atoms with E-state index in [0.717, 1.165) is 45.2 Å². The third-order valence-corrected chi connectivity index (χ3v) is 5.26. The highest BCUT2D eigenvalue weighted by Crippen LogP contribution is 2.20. The van der Waals surface area contributed by atoms with Crippen molar-refractivity contribution in [3.05, 3.63) is 16.1 Å². The largest absolute Gasteiger partial charge is 0.357 e. The summed E-state index contributed by atoms with van der Waals surface area (Å²) in [5.41, 5.74) is 1.23. The zero-order valence-electron chi connectivity index (χ0n) is 15.9. The minimum atomic E-state index is 0. The van der Waals surface area contributed by atoms with Crippen LogP contribution in [0.15, 0.2) is 10.4 Å². The number of hydrogen-bond donors (Lipinski definition) is 2. The second-order valence-corrected chi connectivity index (χ2v) is 7.64. The molecule has 0 bridgehead atoms. The fourth-order valence-corrected chi connectivity index (χ4v) is 3.59. The van der Waals surface area contributed by atoms with E-state index in [1.165, 1.54) is 36.4 Å². The Bertz CT molecular complexity index is 497. The van der Waals surface area contributed by atoms with Crippen LogP contribution >= 0.6 is 35.3 Å². The molecule has 2 rings (SSSR count). The smallest absolute Gasteiger partial charge is 0.191 e. The highest BCUT2D eigenvalue weighted by atomic mass is 127. The quantitative estimate of drug-likeness (QED) is 0.259. The topological polar surface area (TPSA) is 52.6 Å². The van der Waals surface area contributed by atoms with Crippen LogP contribution in [-0.4, -0.2) is 48.6 Å². The Labute approximate surface area is 174 Å². The van der Waals surface area contributed by atoms with Gasteiger partial charge in [-0.1, -0.05) is 13.3 Å². The Hall–Kier alpha value is -0.410. The number of aromatic nitrogens is 1. The molecule has 0 spiro atoms. The molecule has 0 radical (unpaired) electrons. The lowest BCUT2D eigenvalue weighted by molar-refractivity contribution is 0.179. The first kappa shape index (κ1) is 22.6. The Morgan fingerprint density at radius 3 is 2.68 bits per heavy atom. The molecule has 1 aromatic rings. The van der Waals surface area contributed by atoms with Crippen LogP contribution in [0.4, 0.5) is 0 Å². The number of nitrogens with one attached hydrogen (secondary N) is 2. The number of rotatable bonds is 8. The normalized spacial score (nSPS) is 16.5. The molecule has 0 atom stereocenters. The molecule has 1 saturated heterocycles. The maximum atomic E-state index is 4.79. The van der Waals surface area contributed by atoms with Gasteiger partial charge in [0, 0.05) is 31.6 Å². The lowest BCUT2D eigenvalue weighted by atomic mass is 9.97. The van der Waals surface area contributed by atoms with Crippen molar-refractivity contribution in [3.8, 4) is 0 Å². The summed E-state index contributed by atoms with van der Waals surface area (Å²) in [7, 11) is 0. The summed E-state index contributed by atoms with van der Waals surface area (Å²) in [6.45, 7) is 12.6. The van der Waals surface area contributed by atoms with E-state index in [0.29, 0.717) is 5.92 Å². The molecule has 0 amide bonds. The molecule has 0 aromatic carbocycles. The third kappa shape index (κ3) is 8.68. The summed E-state index contributed by atoms with van der Waals surface area (Å²) in [5.74, 6) is 1.69. The number of guanidine groups is 1. The van der Waals surface area contributed by atoms with Crippen molar-refractivity contribution in [3.63, 3.8) is 0 Å². The van der Waals surface area contributed by atoms with Crippen molar-refractivity contribution in [1.29, 1.82) is 0 Å². The first-order chi connectivity index (χ1) is 11.7. The maximum Gasteiger partial charge on any atom is 0.191 e. The van der Waals surface area contributed by atoms with Crippen molar-refractivity contribution < 1.29 is 0 Å². The van der Waals surface area contributed by atoms with Gasteiger partial charge in [0.2, 0.25) is 0 Å². The Kier molecular flexibility index (Phi) is 11.6. The second-order valence-electron chi connectivity index (χ2n) is 6.58. The number of hydrogen-bond acceptors (Lipinski definition) is 4. The van der Waals surface area contributed by atoms with Crippen molar-refractivity contribution in [1.82, 2.24) is 20.5 Å². The van der Waals surface area contributed by atoms with Gasteiger partial charge in [0.05, 0.1) is 10.7 Å². The molecule has 0 aliphatic carbocycles. The molecule has 1 fully saturated rings. The van der Waals surface area contributed by atoms with Crippen LogP contribution < -0.4 is 10.6 Å². The zero-order valence-corrected chi connectivity index (χ0v) is 19.0. The number of aliphatic imine (C=N–C) groups is 1. The average Bonchev–Trinajstić information content (AvgIpc) is 2.99. The van der Waals surface area contributed by atoms with E-state index in [4.69, 9.17) is 4.99 Å². The van der Waals surface area contributed by atoms with Crippen LogP contribution in [0.1, 0.15) is 50.2 Å². The minimum absolute atomic E-state index is 0. The molecular weight excluding hydrogens is 445 g/mol. The second kappa shape index (κ2) is 12.9. The number of unbranched alkanes of at least 4 members (excludes halogenated alkanes) is 1. The van der Waals surface area contributed by atoms with E-state index in [9.17, 15) is 0 Å². The Morgan fingerprint density at radius 2 is 2.08 bits per heavy atom. The van der Waals surface area contributed by atoms with Gasteiger partial charge in [-0.25, -0.2) is 4.98 Å². The predicted molar refractivity (Wildman–Crippen MR) is 119 cm³/mol. The highest BCUT2D eigenvalue weighted by molar-refractivity contribution is 14.0. The molecule has 1 aliphatic heterocycles. The van der Waals surface area contributed by atoms with E-state index < -0.39 is 0 Å². The third-order valence-electron chi connectivity index (χ3n) is 4.43. The molecule has 1 aromatic heterocycles. The van der Waals surface area contributed by atoms with E-state index in [-0.39, 0.29) is 24.0 Å². The van der Waals surface area contributed by atoms with Gasteiger partial charge < -0.3 is 10.6 Å². The minimum Gasteiger partial charge on any atom is -0.357 e. The number of halogens is 1. The number of likely N-dealkylation sites (tertiary alicyclic amines) is 1. The summed E-state index contributed by atoms with van der Waals surface area (Å²) < 4.78 is 0. The number of thiazole rings is 1. The van der Waals surface area contributed by atoms with Gasteiger partial charge in [0.1, 0.15) is 0 Å². The summed E-state index contributed by atoms with van der Waals surface area (Å²) >= 11 is 1.75. The van der Waals surface area contributed by atoms with E-state index in [2.05, 4.69) is 46.7 Å². The van der Waals surface area contributed by atoms with Crippen LogP contribution in [0.3, 0.4) is 0 Å². The zero-order chi connectivity index (χ0) is 17.2. The van der Waals surface area contributed by atoms with E-state index in [1.54, 1.807) is 11.3 Å². The first-order valence-corrected chi connectivity index (χ1v) is 10.2. The van der Waals surface area contributed by atoms with Gasteiger partial charge >= 0.3 is 0 Å². The molecule has 5 nitrogen and oxygen atoms in total. The van der Waals surface area contributed by atoms with Gasteiger partial charge in [-0.15, -0.1) is 35.3 Å². The first-order valence-electron chi connectivity index (χ1n) is 9.36. The highest BCUT2D eigenvalue weighted by Gasteiger charge is 2.19. The van der Waals surface area contributed by atoms with Gasteiger partial charge in [-0.3, -0.25) is 9.89 Å². The summed E-state index contributed by atoms with van der Waals surface area (Å²) in [5, 5.41) is 10.1. The molecule has 0 saturated carbocycles. The van der Waals surface area contributed by atoms with Crippen molar-refractivity contribution >= 4 is 41.3 Å². The Morgan fingerprint density at radius 1 is 1.32 bits per heavy atom. The predicted octanol–water partition coefficient (Wildman–Crippen LogP) is 3.64. The lowest BCUT2D eigenvalue weighted by Crippen LogP contribution is -2.39. The van der Waals surface area contributed by atoms with Crippen LogP contribution in [0, 0.1) is 12.8 Å². The molecule has 2 heterocycles. The van der Waals surface area contributed by atoms with Crippen molar-refractivity contribution in [2.75, 3.05) is 32.7 Å². The molecular formula is C18H34IN5S. The average molecular weight is 479 g/mol. The lowest BCUT2D eigenvalue weighted by Gasteiger charge is -2.30. The van der Waals surface area contributed by atoms with Gasteiger partial charge in [0.25, 0.3) is 0 Å². The van der Waals surface area contributed by atoms with Gasteiger partial charge in [0.15, 0.2) is 5.96 Å². The van der Waals surface area contributed by atoms with Crippen LogP contribution in [-0.2, 0) is 6.54 Å². The number of aryl methyl sites for hydroxylation is 1.